The smallest absolute Gasteiger partial charge is 0.433 e. The fraction of sp³-hybridized carbons (Fsp3) is 0.524. The lowest BCUT2D eigenvalue weighted by atomic mass is 10.2. The van der Waals surface area contributed by atoms with Gasteiger partial charge in [-0.1, -0.05) is 0 Å². The first kappa shape index (κ1) is 24.5. The van der Waals surface area contributed by atoms with Crippen molar-refractivity contribution >= 4 is 17.5 Å². The number of aryl methyl sites for hydroxylation is 1. The third kappa shape index (κ3) is 6.67. The Morgan fingerprint density at radius 2 is 1.91 bits per heavy atom. The summed E-state index contributed by atoms with van der Waals surface area (Å²) in [5.74, 6) is 0.525. The van der Waals surface area contributed by atoms with E-state index in [-0.39, 0.29) is 36.9 Å². The molecule has 2 N–H and O–H groups in total. The summed E-state index contributed by atoms with van der Waals surface area (Å²) < 4.78 is 50.0. The fourth-order valence-corrected chi connectivity index (χ4v) is 3.57. The van der Waals surface area contributed by atoms with Gasteiger partial charge in [0.2, 0.25) is 5.88 Å². The minimum atomic E-state index is -4.68. The Morgan fingerprint density at radius 3 is 2.52 bits per heavy atom. The zero-order valence-electron chi connectivity index (χ0n) is 18.9. The number of rotatable bonds is 6. The van der Waals surface area contributed by atoms with Crippen molar-refractivity contribution in [1.29, 1.82) is 0 Å². The minimum Gasteiger partial charge on any atom is -0.478 e. The van der Waals surface area contributed by atoms with Crippen LogP contribution in [0, 0.1) is 6.92 Å². The van der Waals surface area contributed by atoms with Gasteiger partial charge in [0.05, 0.1) is 31.1 Å². The van der Waals surface area contributed by atoms with Crippen LogP contribution in [0.4, 0.5) is 29.5 Å². The van der Waals surface area contributed by atoms with E-state index in [1.807, 2.05) is 26.8 Å². The molecule has 3 rings (SSSR count). The van der Waals surface area contributed by atoms with Crippen LogP contribution in [0.15, 0.2) is 18.2 Å². The lowest BCUT2D eigenvalue weighted by Gasteiger charge is -2.36. The third-order valence-corrected chi connectivity index (χ3v) is 4.80. The molecule has 0 aliphatic carbocycles. The normalized spacial score (nSPS) is 18.7. The van der Waals surface area contributed by atoms with Gasteiger partial charge in [0.25, 0.3) is 0 Å². The van der Waals surface area contributed by atoms with Crippen molar-refractivity contribution in [3.05, 3.63) is 35.2 Å². The summed E-state index contributed by atoms with van der Waals surface area (Å²) in [5, 5.41) is 13.4. The van der Waals surface area contributed by atoms with E-state index >= 15 is 0 Å². The number of urea groups is 1. The summed E-state index contributed by atoms with van der Waals surface area (Å²) in [6, 6.07) is 3.08. The summed E-state index contributed by atoms with van der Waals surface area (Å²) in [6.07, 6.45) is -4.52. The molecule has 9 nitrogen and oxygen atoms in total. The predicted octanol–water partition coefficient (Wildman–Crippen LogP) is 3.53. The lowest BCUT2D eigenvalue weighted by Crippen LogP contribution is -2.46. The standard InChI is InChI=1S/C21H27F3N6O3/c1-5-32-18-8-15(7-17(27-18)21(22,23)24)26-20(31)25-9-16-6-12(2)19(29-28-16)30-10-13(3)33-14(4)11-30/h6-8,13-14H,5,9-11H2,1-4H3,(H2,25,26,27,31). The molecule has 12 heteroatoms. The second-order valence-electron chi connectivity index (χ2n) is 7.82. The minimum absolute atomic E-state index is 0.0470. The molecule has 0 bridgehead atoms. The summed E-state index contributed by atoms with van der Waals surface area (Å²) in [7, 11) is 0. The Balaban J connectivity index is 1.63. The molecule has 3 heterocycles. The number of amides is 2. The van der Waals surface area contributed by atoms with E-state index < -0.39 is 17.9 Å². The molecule has 2 unspecified atom stereocenters. The highest BCUT2D eigenvalue weighted by Gasteiger charge is 2.33. The maximum absolute atomic E-state index is 13.1. The highest BCUT2D eigenvalue weighted by atomic mass is 19.4. The van der Waals surface area contributed by atoms with E-state index in [9.17, 15) is 18.0 Å². The summed E-state index contributed by atoms with van der Waals surface area (Å²) in [5.41, 5.74) is 0.161. The van der Waals surface area contributed by atoms with Gasteiger partial charge in [-0.05, 0) is 45.4 Å². The predicted molar refractivity (Wildman–Crippen MR) is 115 cm³/mol. The monoisotopic (exact) mass is 468 g/mol. The molecule has 180 valence electrons. The largest absolute Gasteiger partial charge is 0.478 e. The molecule has 1 saturated heterocycles. The third-order valence-electron chi connectivity index (χ3n) is 4.80. The highest BCUT2D eigenvalue weighted by molar-refractivity contribution is 5.89. The quantitative estimate of drug-likeness (QED) is 0.669. The van der Waals surface area contributed by atoms with Crippen molar-refractivity contribution in [3.8, 4) is 5.88 Å². The Hall–Kier alpha value is -3.15. The fourth-order valence-electron chi connectivity index (χ4n) is 3.57. The van der Waals surface area contributed by atoms with Crippen LogP contribution in [-0.2, 0) is 17.5 Å². The van der Waals surface area contributed by atoms with E-state index in [1.165, 1.54) is 6.07 Å². The van der Waals surface area contributed by atoms with Gasteiger partial charge in [0.1, 0.15) is 0 Å². The summed E-state index contributed by atoms with van der Waals surface area (Å²) >= 11 is 0. The molecule has 0 spiro atoms. The van der Waals surface area contributed by atoms with E-state index in [1.54, 1.807) is 6.92 Å². The van der Waals surface area contributed by atoms with E-state index in [0.29, 0.717) is 18.8 Å². The number of pyridine rings is 1. The van der Waals surface area contributed by atoms with Gasteiger partial charge in [-0.25, -0.2) is 9.78 Å². The number of nitrogens with zero attached hydrogens (tertiary/aromatic N) is 4. The number of hydrogen-bond acceptors (Lipinski definition) is 7. The first-order valence-corrected chi connectivity index (χ1v) is 10.6. The topological polar surface area (TPSA) is 102 Å². The van der Waals surface area contributed by atoms with Gasteiger partial charge >= 0.3 is 12.2 Å². The van der Waals surface area contributed by atoms with Crippen LogP contribution in [-0.4, -0.2) is 53.1 Å². The zero-order chi connectivity index (χ0) is 24.2. The van der Waals surface area contributed by atoms with Gasteiger partial charge in [-0.2, -0.15) is 18.3 Å². The Labute approximate surface area is 189 Å². The van der Waals surface area contributed by atoms with Crippen LogP contribution < -0.4 is 20.3 Å². The molecule has 2 amide bonds. The van der Waals surface area contributed by atoms with Crippen molar-refractivity contribution in [1.82, 2.24) is 20.5 Å². The number of ether oxygens (including phenoxy) is 2. The molecular weight excluding hydrogens is 441 g/mol. The van der Waals surface area contributed by atoms with Gasteiger partial charge < -0.3 is 25.0 Å². The number of anilines is 2. The van der Waals surface area contributed by atoms with Gasteiger partial charge in [0.15, 0.2) is 11.5 Å². The molecule has 1 aliphatic rings. The highest BCUT2D eigenvalue weighted by Crippen LogP contribution is 2.31. The number of morpholine rings is 1. The molecule has 33 heavy (non-hydrogen) atoms. The average molecular weight is 468 g/mol. The number of halogens is 3. The number of nitrogens with one attached hydrogen (secondary N) is 2. The van der Waals surface area contributed by atoms with E-state index in [4.69, 9.17) is 9.47 Å². The first-order valence-electron chi connectivity index (χ1n) is 10.6. The van der Waals surface area contributed by atoms with E-state index in [0.717, 1.165) is 17.4 Å². The zero-order valence-corrected chi connectivity index (χ0v) is 18.9. The lowest BCUT2D eigenvalue weighted by molar-refractivity contribution is -0.141. The molecule has 0 saturated carbocycles. The Kier molecular flexibility index (Phi) is 7.57. The molecular formula is C21H27F3N6O3. The van der Waals surface area contributed by atoms with Crippen molar-refractivity contribution in [3.63, 3.8) is 0 Å². The van der Waals surface area contributed by atoms with Crippen LogP contribution in [0.2, 0.25) is 0 Å². The van der Waals surface area contributed by atoms with E-state index in [2.05, 4.69) is 30.7 Å². The van der Waals surface area contributed by atoms with Gasteiger partial charge in [-0.3, -0.25) is 0 Å². The molecule has 0 radical (unpaired) electrons. The number of carbonyl (C=O) groups excluding carboxylic acids is 1. The molecule has 1 aliphatic heterocycles. The number of carbonyl (C=O) groups is 1. The molecule has 2 aromatic heterocycles. The maximum atomic E-state index is 13.1. The maximum Gasteiger partial charge on any atom is 0.433 e. The van der Waals surface area contributed by atoms with Crippen molar-refractivity contribution in [2.75, 3.05) is 29.9 Å². The molecule has 1 fully saturated rings. The second kappa shape index (κ2) is 10.2. The SMILES string of the molecule is CCOc1cc(NC(=O)NCc2cc(C)c(N3CC(C)OC(C)C3)nn2)cc(C(F)(F)F)n1. The Bertz CT molecular complexity index is 978. The molecule has 0 aromatic carbocycles. The summed E-state index contributed by atoms with van der Waals surface area (Å²) in [6.45, 7) is 9.12. The average Bonchev–Trinajstić information content (AvgIpc) is 2.71. The number of alkyl halides is 3. The van der Waals surface area contributed by atoms with Crippen LogP contribution in [0.3, 0.4) is 0 Å². The first-order chi connectivity index (χ1) is 15.5. The molecule has 2 atom stereocenters. The second-order valence-corrected chi connectivity index (χ2v) is 7.82. The van der Waals surface area contributed by atoms with Crippen molar-refractivity contribution < 1.29 is 27.4 Å². The van der Waals surface area contributed by atoms with Crippen molar-refractivity contribution in [2.24, 2.45) is 0 Å². The van der Waals surface area contributed by atoms with Crippen LogP contribution in [0.5, 0.6) is 5.88 Å². The van der Waals surface area contributed by atoms with Crippen LogP contribution in [0.1, 0.15) is 37.7 Å². The van der Waals surface area contributed by atoms with Crippen LogP contribution >= 0.6 is 0 Å². The van der Waals surface area contributed by atoms with Crippen LogP contribution in [0.25, 0.3) is 0 Å². The number of aromatic nitrogens is 3. The number of hydrogen-bond donors (Lipinski definition) is 2. The Morgan fingerprint density at radius 1 is 1.21 bits per heavy atom. The molecule has 2 aromatic rings. The van der Waals surface area contributed by atoms with Crippen molar-refractivity contribution in [2.45, 2.75) is 52.6 Å². The van der Waals surface area contributed by atoms with Gasteiger partial charge in [-0.15, -0.1) is 5.10 Å². The van der Waals surface area contributed by atoms with Gasteiger partial charge in [0, 0.05) is 24.8 Å². The summed E-state index contributed by atoms with van der Waals surface area (Å²) in [4.78, 5) is 17.8.